The number of carbonyl (C=O) groups is 1. The highest BCUT2D eigenvalue weighted by Gasteiger charge is 2.27. The maximum Gasteiger partial charge on any atom is 0.262 e. The minimum Gasteiger partial charge on any atom is -0.508 e. The summed E-state index contributed by atoms with van der Waals surface area (Å²) in [6.45, 7) is 2.39. The zero-order valence-electron chi connectivity index (χ0n) is 15.2. The van der Waals surface area contributed by atoms with Crippen LogP contribution < -0.4 is 16.4 Å². The zero-order valence-corrected chi connectivity index (χ0v) is 15.2. The first-order valence-electron chi connectivity index (χ1n) is 8.91. The van der Waals surface area contributed by atoms with E-state index in [9.17, 15) is 18.7 Å². The van der Waals surface area contributed by atoms with Crippen molar-refractivity contribution >= 4 is 23.0 Å². The first-order valence-corrected chi connectivity index (χ1v) is 8.91. The molecule has 2 rings (SSSR count). The van der Waals surface area contributed by atoms with Crippen LogP contribution in [0.3, 0.4) is 0 Å². The highest BCUT2D eigenvalue weighted by atomic mass is 19.2. The monoisotopic (exact) mass is 377 g/mol. The summed E-state index contributed by atoms with van der Waals surface area (Å²) in [6.07, 6.45) is -2.76. The molecule has 2 aromatic rings. The van der Waals surface area contributed by atoms with E-state index >= 15 is 0 Å². The van der Waals surface area contributed by atoms with Gasteiger partial charge in [0, 0.05) is 12.2 Å². The summed E-state index contributed by atoms with van der Waals surface area (Å²) in [7, 11) is 0. The third kappa shape index (κ3) is 6.13. The van der Waals surface area contributed by atoms with E-state index in [0.29, 0.717) is 18.7 Å². The Morgan fingerprint density at radius 2 is 1.89 bits per heavy atom. The molecule has 0 saturated heterocycles. The van der Waals surface area contributed by atoms with Crippen LogP contribution in [0.2, 0.25) is 0 Å². The van der Waals surface area contributed by atoms with Crippen LogP contribution in [0.5, 0.6) is 5.75 Å². The second-order valence-electron chi connectivity index (χ2n) is 6.37. The van der Waals surface area contributed by atoms with Crippen LogP contribution in [0.4, 0.5) is 25.8 Å². The van der Waals surface area contributed by atoms with Gasteiger partial charge in [0.25, 0.3) is 5.91 Å². The number of aromatic hydroxyl groups is 1. The van der Waals surface area contributed by atoms with Crippen molar-refractivity contribution in [1.29, 1.82) is 0 Å². The lowest BCUT2D eigenvalue weighted by Gasteiger charge is -2.15. The molecule has 2 aromatic carbocycles. The fourth-order valence-corrected chi connectivity index (χ4v) is 2.52. The van der Waals surface area contributed by atoms with Gasteiger partial charge in [0.05, 0.1) is 11.4 Å². The number of amides is 1. The molecule has 0 spiro atoms. The molecular weight excluding hydrogens is 352 g/mol. The summed E-state index contributed by atoms with van der Waals surface area (Å²) >= 11 is 0. The molecule has 2 unspecified atom stereocenters. The van der Waals surface area contributed by atoms with Gasteiger partial charge in [0.2, 0.25) is 6.17 Å². The van der Waals surface area contributed by atoms with Gasteiger partial charge < -0.3 is 21.5 Å². The van der Waals surface area contributed by atoms with Gasteiger partial charge in [-0.15, -0.1) is 0 Å². The number of rotatable bonds is 9. The van der Waals surface area contributed by atoms with Gasteiger partial charge in [-0.25, -0.2) is 8.78 Å². The SMILES string of the molecule is CCCCC(F)C(F)C(=O)Nc1ccc(NCc2ccc(O)cc2)cc1N. The summed E-state index contributed by atoms with van der Waals surface area (Å²) in [5.41, 5.74) is 8.07. The van der Waals surface area contributed by atoms with Gasteiger partial charge in [0.1, 0.15) is 11.9 Å². The van der Waals surface area contributed by atoms with Crippen molar-refractivity contribution in [3.63, 3.8) is 0 Å². The van der Waals surface area contributed by atoms with Crippen LogP contribution in [-0.2, 0) is 11.3 Å². The predicted octanol–water partition coefficient (Wildman–Crippen LogP) is 4.39. The average molecular weight is 377 g/mol. The molecule has 0 aliphatic heterocycles. The van der Waals surface area contributed by atoms with E-state index in [-0.39, 0.29) is 23.5 Å². The van der Waals surface area contributed by atoms with E-state index in [0.717, 1.165) is 12.0 Å². The first kappa shape index (κ1) is 20.5. The number of halogens is 2. The molecule has 1 amide bonds. The van der Waals surface area contributed by atoms with Gasteiger partial charge in [-0.3, -0.25) is 4.79 Å². The molecule has 0 fully saturated rings. The largest absolute Gasteiger partial charge is 0.508 e. The topological polar surface area (TPSA) is 87.4 Å². The second-order valence-corrected chi connectivity index (χ2v) is 6.37. The number of alkyl halides is 2. The van der Waals surface area contributed by atoms with Crippen LogP contribution in [0.1, 0.15) is 31.7 Å². The van der Waals surface area contributed by atoms with E-state index < -0.39 is 18.3 Å². The molecule has 146 valence electrons. The summed E-state index contributed by atoms with van der Waals surface area (Å²) < 4.78 is 27.6. The number of nitrogen functional groups attached to an aromatic ring is 1. The summed E-state index contributed by atoms with van der Waals surface area (Å²) in [6, 6.07) is 11.6. The fraction of sp³-hybridized carbons (Fsp3) is 0.350. The van der Waals surface area contributed by atoms with E-state index in [4.69, 9.17) is 5.73 Å². The number of carbonyl (C=O) groups excluding carboxylic acids is 1. The number of hydrogen-bond acceptors (Lipinski definition) is 4. The zero-order chi connectivity index (χ0) is 19.8. The van der Waals surface area contributed by atoms with Gasteiger partial charge in [0.15, 0.2) is 0 Å². The minimum absolute atomic E-state index is 0.0146. The van der Waals surface area contributed by atoms with Crippen LogP contribution in [0.15, 0.2) is 42.5 Å². The molecular formula is C20H25F2N3O2. The number of phenols is 1. The Morgan fingerprint density at radius 3 is 2.52 bits per heavy atom. The average Bonchev–Trinajstić information content (AvgIpc) is 2.66. The number of nitrogens with two attached hydrogens (primary N) is 1. The molecule has 0 aliphatic carbocycles. The van der Waals surface area contributed by atoms with E-state index in [1.54, 1.807) is 42.5 Å². The Balaban J connectivity index is 1.93. The van der Waals surface area contributed by atoms with Crippen molar-refractivity contribution < 1.29 is 18.7 Å². The van der Waals surface area contributed by atoms with Crippen LogP contribution in [0, 0.1) is 0 Å². The van der Waals surface area contributed by atoms with Gasteiger partial charge in [-0.05, 0) is 42.3 Å². The molecule has 0 bridgehead atoms. The van der Waals surface area contributed by atoms with Crippen LogP contribution >= 0.6 is 0 Å². The molecule has 0 heterocycles. The van der Waals surface area contributed by atoms with Crippen molar-refractivity contribution in [2.24, 2.45) is 0 Å². The number of anilines is 3. The van der Waals surface area contributed by atoms with Crippen molar-refractivity contribution in [3.8, 4) is 5.75 Å². The lowest BCUT2D eigenvalue weighted by atomic mass is 10.1. The molecule has 0 aromatic heterocycles. The Bertz CT molecular complexity index is 753. The lowest BCUT2D eigenvalue weighted by Crippen LogP contribution is -2.32. The molecule has 5 nitrogen and oxygen atoms in total. The smallest absolute Gasteiger partial charge is 0.262 e. The van der Waals surface area contributed by atoms with Crippen molar-refractivity contribution in [2.75, 3.05) is 16.4 Å². The molecule has 0 aliphatic rings. The number of hydrogen-bond donors (Lipinski definition) is 4. The highest BCUT2D eigenvalue weighted by molar-refractivity contribution is 5.97. The molecule has 0 radical (unpaired) electrons. The standard InChI is InChI=1S/C20H25F2N3O2/c1-2-3-4-16(21)19(22)20(27)25-18-10-7-14(11-17(18)23)24-12-13-5-8-15(26)9-6-13/h5-11,16,19,24,26H,2-4,12,23H2,1H3,(H,25,27). The number of unbranched alkanes of at least 4 members (excludes halogenated alkanes) is 1. The predicted molar refractivity (Wildman–Crippen MR) is 104 cm³/mol. The van der Waals surface area contributed by atoms with Gasteiger partial charge in [-0.1, -0.05) is 31.9 Å². The first-order chi connectivity index (χ1) is 12.9. The Morgan fingerprint density at radius 1 is 1.19 bits per heavy atom. The molecule has 7 heteroatoms. The quantitative estimate of drug-likeness (QED) is 0.488. The van der Waals surface area contributed by atoms with Gasteiger partial charge >= 0.3 is 0 Å². The maximum absolute atomic E-state index is 13.9. The molecule has 0 saturated carbocycles. The molecule has 5 N–H and O–H groups in total. The highest BCUT2D eigenvalue weighted by Crippen LogP contribution is 2.24. The number of benzene rings is 2. The normalized spacial score (nSPS) is 13.0. The summed E-state index contributed by atoms with van der Waals surface area (Å²) in [5, 5.41) is 14.8. The third-order valence-electron chi connectivity index (χ3n) is 4.14. The third-order valence-corrected chi connectivity index (χ3v) is 4.14. The lowest BCUT2D eigenvalue weighted by molar-refractivity contribution is -0.123. The van der Waals surface area contributed by atoms with Crippen molar-refractivity contribution in [3.05, 3.63) is 48.0 Å². The Hall–Kier alpha value is -2.83. The van der Waals surface area contributed by atoms with E-state index in [1.807, 2.05) is 6.92 Å². The fourth-order valence-electron chi connectivity index (χ4n) is 2.52. The Kier molecular flexibility index (Phi) is 7.40. The van der Waals surface area contributed by atoms with E-state index in [1.165, 1.54) is 0 Å². The van der Waals surface area contributed by atoms with Crippen LogP contribution in [0.25, 0.3) is 0 Å². The molecule has 2 atom stereocenters. The Labute approximate surface area is 157 Å². The van der Waals surface area contributed by atoms with E-state index in [2.05, 4.69) is 10.6 Å². The number of nitrogens with one attached hydrogen (secondary N) is 2. The van der Waals surface area contributed by atoms with Crippen molar-refractivity contribution in [1.82, 2.24) is 0 Å². The number of phenolic OH excluding ortho intramolecular Hbond substituents is 1. The maximum atomic E-state index is 13.9. The summed E-state index contributed by atoms with van der Waals surface area (Å²) in [4.78, 5) is 11.9. The minimum atomic E-state index is -2.22. The van der Waals surface area contributed by atoms with Gasteiger partial charge in [-0.2, -0.15) is 0 Å². The second kappa shape index (κ2) is 9.75. The molecule has 27 heavy (non-hydrogen) atoms. The van der Waals surface area contributed by atoms with Crippen molar-refractivity contribution in [2.45, 2.75) is 45.1 Å². The summed E-state index contributed by atoms with van der Waals surface area (Å²) in [5.74, 6) is -0.838. The van der Waals surface area contributed by atoms with Crippen LogP contribution in [-0.4, -0.2) is 23.4 Å².